The fourth-order valence-corrected chi connectivity index (χ4v) is 10.4. The van der Waals surface area contributed by atoms with E-state index in [1.54, 1.807) is 16.2 Å². The normalized spacial score (nSPS) is 19.6. The van der Waals surface area contributed by atoms with Crippen molar-refractivity contribution in [1.29, 1.82) is 0 Å². The number of nitrogens with zero attached hydrogens (tertiary/aromatic N) is 9. The summed E-state index contributed by atoms with van der Waals surface area (Å²) in [5.74, 6) is 1.21. The van der Waals surface area contributed by atoms with E-state index in [1.165, 1.54) is 0 Å². The van der Waals surface area contributed by atoms with E-state index in [4.69, 9.17) is 32.6 Å². The number of imide groups is 1. The minimum absolute atomic E-state index is 0.224. The molecule has 2 amide bonds. The number of ether oxygens (including phenoxy) is 2. The van der Waals surface area contributed by atoms with E-state index in [2.05, 4.69) is 66.8 Å². The summed E-state index contributed by atoms with van der Waals surface area (Å²) in [6.45, 7) is 23.2. The molecule has 1 unspecified atom stereocenters. The summed E-state index contributed by atoms with van der Waals surface area (Å²) in [6, 6.07) is 20.1. The van der Waals surface area contributed by atoms with Gasteiger partial charge in [-0.2, -0.15) is 0 Å². The number of halogens is 1. The molecular weight excluding hydrogens is 844 g/mol. The number of anilines is 1. The Balaban J connectivity index is 0.725. The Morgan fingerprint density at radius 3 is 2.34 bits per heavy atom. The number of carbonyl (C=O) groups excluding carboxylic acids is 2. The summed E-state index contributed by atoms with van der Waals surface area (Å²) < 4.78 is 15.0. The van der Waals surface area contributed by atoms with Crippen LogP contribution in [0.1, 0.15) is 74.9 Å². The number of para-hydroxylation sites is 1. The van der Waals surface area contributed by atoms with Crippen molar-refractivity contribution in [3.05, 3.63) is 116 Å². The Hall–Kier alpha value is -5.79. The first-order valence-electron chi connectivity index (χ1n) is 22.8. The molecule has 5 aromatic rings. The highest BCUT2D eigenvalue weighted by Gasteiger charge is 2.37. The smallest absolute Gasteiger partial charge is 0.329 e. The fourth-order valence-electron chi connectivity index (χ4n) is 10.1. The van der Waals surface area contributed by atoms with Crippen LogP contribution in [0.2, 0.25) is 5.02 Å². The van der Waals surface area contributed by atoms with Crippen LogP contribution in [0.5, 0.6) is 11.5 Å². The summed E-state index contributed by atoms with van der Waals surface area (Å²) >= 11 is 6.56. The number of amides is 2. The number of aryl methyl sites for hydroxylation is 1. The molecule has 1 atom stereocenters. The zero-order valence-electron chi connectivity index (χ0n) is 37.6. The summed E-state index contributed by atoms with van der Waals surface area (Å²) in [6.07, 6.45) is 4.69. The van der Waals surface area contributed by atoms with E-state index >= 15 is 0 Å². The molecule has 0 saturated carbocycles. The number of fused-ring (bicyclic) bond motifs is 1. The Kier molecular flexibility index (Phi) is 12.7. The van der Waals surface area contributed by atoms with Gasteiger partial charge in [0.25, 0.3) is 0 Å². The van der Waals surface area contributed by atoms with Crippen LogP contribution in [0.15, 0.2) is 71.7 Å². The first kappa shape index (κ1) is 44.4. The van der Waals surface area contributed by atoms with Gasteiger partial charge in [0.2, 0.25) is 23.5 Å². The van der Waals surface area contributed by atoms with E-state index < -0.39 is 17.4 Å². The SMILES string of the molecule is [C-]#[N+]c1cc(C(C)(C)c2ccc(OCc3ccnc(N4CCN(C5CCN(C6CN(Cc7cccc8c7n(C)c(=O)n8C7CCC(=O)NC7=O)C6)CC5)CC4)n3)cc2)cc(Cl)c1OCC. The lowest BCUT2D eigenvalue weighted by Crippen LogP contribution is -2.62. The van der Waals surface area contributed by atoms with Crippen LogP contribution in [0.4, 0.5) is 11.6 Å². The molecule has 4 aliphatic heterocycles. The van der Waals surface area contributed by atoms with E-state index in [-0.39, 0.29) is 18.0 Å². The lowest BCUT2D eigenvalue weighted by atomic mass is 9.78. The van der Waals surface area contributed by atoms with Gasteiger partial charge in [0, 0.05) is 96.1 Å². The van der Waals surface area contributed by atoms with Crippen LogP contribution in [0.25, 0.3) is 15.9 Å². The summed E-state index contributed by atoms with van der Waals surface area (Å²) in [5, 5.41) is 2.84. The molecule has 340 valence electrons. The highest BCUT2D eigenvalue weighted by Crippen LogP contribution is 2.42. The molecule has 16 heteroatoms. The number of aromatic nitrogens is 4. The molecular formula is C49H57ClN10O5. The van der Waals surface area contributed by atoms with Gasteiger partial charge >= 0.3 is 5.69 Å². The average Bonchev–Trinajstić information content (AvgIpc) is 3.56. The van der Waals surface area contributed by atoms with Crippen molar-refractivity contribution < 1.29 is 19.1 Å². The van der Waals surface area contributed by atoms with Gasteiger partial charge in [0.05, 0.1) is 34.9 Å². The molecule has 15 nitrogen and oxygen atoms in total. The molecule has 0 aliphatic carbocycles. The third-order valence-corrected chi connectivity index (χ3v) is 14.3. The van der Waals surface area contributed by atoms with E-state index in [1.807, 2.05) is 55.6 Å². The number of nitrogens with one attached hydrogen (secondary N) is 1. The van der Waals surface area contributed by atoms with Crippen LogP contribution in [-0.4, -0.2) is 117 Å². The Morgan fingerprint density at radius 1 is 0.892 bits per heavy atom. The number of benzene rings is 3. The molecule has 2 aromatic heterocycles. The maximum Gasteiger partial charge on any atom is 0.329 e. The van der Waals surface area contributed by atoms with Gasteiger partial charge in [-0.25, -0.2) is 19.6 Å². The first-order chi connectivity index (χ1) is 31.4. The largest absolute Gasteiger partial charge is 0.503 e. The number of piperazine rings is 1. The van der Waals surface area contributed by atoms with Crippen LogP contribution in [0, 0.1) is 6.57 Å². The summed E-state index contributed by atoms with van der Waals surface area (Å²) in [5.41, 5.74) is 5.27. The van der Waals surface area contributed by atoms with Crippen molar-refractivity contribution >= 4 is 46.1 Å². The average molecular weight is 902 g/mol. The van der Waals surface area contributed by atoms with Crippen LogP contribution >= 0.6 is 11.6 Å². The van der Waals surface area contributed by atoms with Crippen molar-refractivity contribution in [1.82, 2.24) is 39.1 Å². The van der Waals surface area contributed by atoms with Crippen molar-refractivity contribution in [3.8, 4) is 11.5 Å². The number of imidazole rings is 1. The summed E-state index contributed by atoms with van der Waals surface area (Å²) in [7, 11) is 1.77. The second-order valence-corrected chi connectivity index (χ2v) is 18.6. The molecule has 0 radical (unpaired) electrons. The number of carbonyl (C=O) groups is 2. The van der Waals surface area contributed by atoms with Crippen molar-refractivity contribution in [2.24, 2.45) is 7.05 Å². The van der Waals surface area contributed by atoms with E-state index in [0.717, 1.165) is 117 Å². The van der Waals surface area contributed by atoms with Crippen molar-refractivity contribution in [3.63, 3.8) is 0 Å². The number of hydrogen-bond donors (Lipinski definition) is 1. The molecule has 3 aromatic carbocycles. The first-order valence-corrected chi connectivity index (χ1v) is 23.2. The van der Waals surface area contributed by atoms with Crippen LogP contribution < -0.4 is 25.4 Å². The summed E-state index contributed by atoms with van der Waals surface area (Å²) in [4.78, 5) is 61.1. The maximum atomic E-state index is 13.4. The number of rotatable bonds is 13. The lowest BCUT2D eigenvalue weighted by Gasteiger charge is -2.49. The maximum absolute atomic E-state index is 13.4. The van der Waals surface area contributed by atoms with Gasteiger partial charge in [-0.15, -0.1) is 0 Å². The second-order valence-electron chi connectivity index (χ2n) is 18.2. The molecule has 4 aliphatic rings. The van der Waals surface area contributed by atoms with Gasteiger partial charge in [0.1, 0.15) is 24.1 Å². The standard InChI is InChI=1S/C49H57ClN10O5/c1-6-64-45-39(50)26-34(27-40(45)51-4)49(2,3)33-10-12-38(13-11-33)65-31-35-16-19-52-47(53-35)59-24-22-58(23-25-59)36-17-20-57(21-18-36)37-29-56(30-37)28-32-8-7-9-41-44(32)55(5)48(63)60(41)42-14-15-43(61)54-46(42)62/h7-13,16,19,26-27,36-37,42H,6,14-15,17-18,20-25,28-31H2,1-3,5H3,(H,54,61,62). The quantitative estimate of drug-likeness (QED) is 0.109. The highest BCUT2D eigenvalue weighted by molar-refractivity contribution is 6.32. The van der Waals surface area contributed by atoms with Gasteiger partial charge in [-0.1, -0.05) is 49.7 Å². The second kappa shape index (κ2) is 18.6. The minimum atomic E-state index is -0.685. The minimum Gasteiger partial charge on any atom is -0.503 e. The predicted molar refractivity (Wildman–Crippen MR) is 250 cm³/mol. The molecule has 4 saturated heterocycles. The molecule has 0 bridgehead atoms. The van der Waals surface area contributed by atoms with Crippen molar-refractivity contribution in [2.45, 2.75) is 83.1 Å². The number of likely N-dealkylation sites (tertiary alicyclic amines) is 2. The number of hydrogen-bond acceptors (Lipinski definition) is 11. The number of piperidine rings is 2. The molecule has 1 N–H and O–H groups in total. The van der Waals surface area contributed by atoms with Crippen LogP contribution in [-0.2, 0) is 35.2 Å². The zero-order valence-corrected chi connectivity index (χ0v) is 38.4. The van der Waals surface area contributed by atoms with Gasteiger partial charge in [-0.3, -0.25) is 38.7 Å². The topological polar surface area (TPSA) is 135 Å². The molecule has 6 heterocycles. The Morgan fingerprint density at radius 2 is 1.63 bits per heavy atom. The van der Waals surface area contributed by atoms with E-state index in [9.17, 15) is 14.4 Å². The molecule has 0 spiro atoms. The van der Waals surface area contributed by atoms with Crippen LogP contribution in [0.3, 0.4) is 0 Å². The Labute approximate surface area is 384 Å². The fraction of sp³-hybridized carbons (Fsp3) is 0.469. The lowest BCUT2D eigenvalue weighted by molar-refractivity contribution is -0.135. The third kappa shape index (κ3) is 8.97. The molecule has 65 heavy (non-hydrogen) atoms. The Bertz CT molecular complexity index is 2670. The van der Waals surface area contributed by atoms with Gasteiger partial charge in [-0.05, 0) is 79.3 Å². The van der Waals surface area contributed by atoms with Gasteiger partial charge in [0.15, 0.2) is 0 Å². The van der Waals surface area contributed by atoms with Gasteiger partial charge < -0.3 is 14.4 Å². The zero-order chi connectivity index (χ0) is 45.4. The molecule has 4 fully saturated rings. The highest BCUT2D eigenvalue weighted by atomic mass is 35.5. The molecule has 9 rings (SSSR count). The monoisotopic (exact) mass is 900 g/mol. The third-order valence-electron chi connectivity index (χ3n) is 14.0. The van der Waals surface area contributed by atoms with Crippen molar-refractivity contribution in [2.75, 3.05) is 63.9 Å². The van der Waals surface area contributed by atoms with E-state index in [0.29, 0.717) is 48.2 Å². The predicted octanol–water partition coefficient (Wildman–Crippen LogP) is 6.09.